The molecule has 0 aliphatic heterocycles. The van der Waals surface area contributed by atoms with Gasteiger partial charge < -0.3 is 20.6 Å². The van der Waals surface area contributed by atoms with Gasteiger partial charge in [-0.1, -0.05) is 359 Å². The smallest absolute Gasteiger partial charge is 0.249 e. The van der Waals surface area contributed by atoms with Crippen LogP contribution in [-0.2, 0) is 4.79 Å². The SMILES string of the molecule is CCCCCCCCCCCCCCC/C=C\C/C=C\CCCCCCCCCCCCCCCCCCC(O)C(=O)NC(CO)C(O)/C=C/CCCCCCCCCCCCCCCCCCCCCCCC. The Morgan fingerprint density at radius 3 is 0.851 bits per heavy atom. The van der Waals surface area contributed by atoms with Crippen LogP contribution in [0.15, 0.2) is 36.5 Å². The highest BCUT2D eigenvalue weighted by atomic mass is 16.3. The zero-order chi connectivity index (χ0) is 53.6. The van der Waals surface area contributed by atoms with E-state index in [1.165, 1.54) is 315 Å². The summed E-state index contributed by atoms with van der Waals surface area (Å²) in [6.07, 6.45) is 85.6. The van der Waals surface area contributed by atoms with Crippen LogP contribution in [0.5, 0.6) is 0 Å². The molecule has 0 aliphatic carbocycles. The maximum absolute atomic E-state index is 12.6. The number of carbonyl (C=O) groups is 1. The van der Waals surface area contributed by atoms with Gasteiger partial charge in [0.05, 0.1) is 18.8 Å². The van der Waals surface area contributed by atoms with Gasteiger partial charge in [-0.05, 0) is 51.4 Å². The van der Waals surface area contributed by atoms with Gasteiger partial charge >= 0.3 is 0 Å². The van der Waals surface area contributed by atoms with E-state index in [0.29, 0.717) is 6.42 Å². The van der Waals surface area contributed by atoms with Gasteiger partial charge in [-0.3, -0.25) is 4.79 Å². The molecule has 0 aromatic heterocycles. The first-order valence-corrected chi connectivity index (χ1v) is 33.8. The third-order valence-corrected chi connectivity index (χ3v) is 16.0. The van der Waals surface area contributed by atoms with Gasteiger partial charge in [0.2, 0.25) is 5.91 Å². The van der Waals surface area contributed by atoms with Gasteiger partial charge in [0.1, 0.15) is 6.10 Å². The molecule has 74 heavy (non-hydrogen) atoms. The Labute approximate surface area is 464 Å². The van der Waals surface area contributed by atoms with Gasteiger partial charge in [0.15, 0.2) is 0 Å². The maximum atomic E-state index is 12.6. The van der Waals surface area contributed by atoms with Crippen LogP contribution in [0.1, 0.15) is 373 Å². The number of nitrogens with one attached hydrogen (secondary N) is 1. The summed E-state index contributed by atoms with van der Waals surface area (Å²) in [6.45, 7) is 4.23. The highest BCUT2D eigenvalue weighted by molar-refractivity contribution is 5.80. The lowest BCUT2D eigenvalue weighted by Crippen LogP contribution is -2.48. The van der Waals surface area contributed by atoms with Crippen LogP contribution in [-0.4, -0.2) is 46.1 Å². The summed E-state index contributed by atoms with van der Waals surface area (Å²) in [4.78, 5) is 12.6. The van der Waals surface area contributed by atoms with Crippen molar-refractivity contribution < 1.29 is 20.1 Å². The molecule has 0 spiro atoms. The van der Waals surface area contributed by atoms with Gasteiger partial charge in [0, 0.05) is 0 Å². The summed E-state index contributed by atoms with van der Waals surface area (Å²) in [5.74, 6) is -0.497. The first-order valence-electron chi connectivity index (χ1n) is 33.8. The minimum atomic E-state index is -1.10. The molecule has 0 saturated carbocycles. The van der Waals surface area contributed by atoms with Gasteiger partial charge in [-0.25, -0.2) is 0 Å². The number of unbranched alkanes of at least 4 members (excludes halogenated alkanes) is 51. The lowest BCUT2D eigenvalue weighted by atomic mass is 10.0. The second-order valence-electron chi connectivity index (χ2n) is 23.4. The average molecular weight is 1040 g/mol. The third kappa shape index (κ3) is 58.3. The summed E-state index contributed by atoms with van der Waals surface area (Å²) in [6, 6.07) is -0.799. The molecule has 5 heteroatoms. The number of hydrogen-bond donors (Lipinski definition) is 4. The predicted octanol–water partition coefficient (Wildman–Crippen LogP) is 21.7. The van der Waals surface area contributed by atoms with Crippen LogP contribution in [0, 0.1) is 0 Å². The Morgan fingerprint density at radius 2 is 0.581 bits per heavy atom. The van der Waals surface area contributed by atoms with E-state index >= 15 is 0 Å². The molecule has 0 rings (SSSR count). The van der Waals surface area contributed by atoms with Crippen molar-refractivity contribution in [3.05, 3.63) is 36.5 Å². The minimum absolute atomic E-state index is 0.361. The standard InChI is InChI=1S/C69H133NO4/c1-3-5-7-9-11-13-15-17-19-21-23-25-27-29-30-31-32-33-34-35-36-37-38-39-40-42-44-46-48-50-52-54-56-58-60-62-64-68(73)69(74)70-66(65-71)67(72)63-61-59-57-55-53-51-49-47-45-43-41-28-26-24-22-20-18-16-14-12-10-8-6-4-2/h30-31,33-34,61,63,66-68,71-73H,3-29,32,35-60,62,64-65H2,1-2H3,(H,70,74)/b31-30-,34-33-,63-61+. The van der Waals surface area contributed by atoms with Crippen LogP contribution < -0.4 is 5.32 Å². The molecule has 0 radical (unpaired) electrons. The van der Waals surface area contributed by atoms with Crippen molar-refractivity contribution in [3.8, 4) is 0 Å². The molecular formula is C69H133NO4. The van der Waals surface area contributed by atoms with Gasteiger partial charge in [0.25, 0.3) is 0 Å². The molecule has 0 heterocycles. The Kier molecular flexibility index (Phi) is 62.9. The van der Waals surface area contributed by atoms with E-state index < -0.39 is 24.2 Å². The van der Waals surface area contributed by atoms with Crippen molar-refractivity contribution in [1.29, 1.82) is 0 Å². The topological polar surface area (TPSA) is 89.8 Å². The predicted molar refractivity (Wildman–Crippen MR) is 328 cm³/mol. The second kappa shape index (κ2) is 64.1. The van der Waals surface area contributed by atoms with Gasteiger partial charge in [-0.15, -0.1) is 0 Å². The Morgan fingerprint density at radius 1 is 0.338 bits per heavy atom. The first-order chi connectivity index (χ1) is 36.6. The fourth-order valence-electron chi connectivity index (χ4n) is 10.8. The highest BCUT2D eigenvalue weighted by Gasteiger charge is 2.22. The monoisotopic (exact) mass is 1040 g/mol. The van der Waals surface area contributed by atoms with Crippen molar-refractivity contribution in [2.75, 3.05) is 6.61 Å². The summed E-state index contributed by atoms with van der Waals surface area (Å²) < 4.78 is 0. The molecule has 3 unspecified atom stereocenters. The van der Waals surface area contributed by atoms with E-state index in [-0.39, 0.29) is 6.61 Å². The molecule has 1 amide bonds. The molecule has 0 saturated heterocycles. The molecular weight excluding hydrogens is 907 g/mol. The lowest BCUT2D eigenvalue weighted by Gasteiger charge is -2.21. The highest BCUT2D eigenvalue weighted by Crippen LogP contribution is 2.19. The van der Waals surface area contributed by atoms with Crippen molar-refractivity contribution in [1.82, 2.24) is 5.32 Å². The van der Waals surface area contributed by atoms with Crippen molar-refractivity contribution in [2.45, 2.75) is 392 Å². The third-order valence-electron chi connectivity index (χ3n) is 16.0. The Hall–Kier alpha value is -1.43. The maximum Gasteiger partial charge on any atom is 0.249 e. The second-order valence-corrected chi connectivity index (χ2v) is 23.4. The summed E-state index contributed by atoms with van der Waals surface area (Å²) >= 11 is 0. The van der Waals surface area contributed by atoms with Crippen LogP contribution >= 0.6 is 0 Å². The Bertz CT molecular complexity index is 1150. The summed E-state index contributed by atoms with van der Waals surface area (Å²) in [5, 5.41) is 33.5. The van der Waals surface area contributed by atoms with E-state index in [1.54, 1.807) is 6.08 Å². The minimum Gasteiger partial charge on any atom is -0.394 e. The summed E-state index contributed by atoms with van der Waals surface area (Å²) in [5.41, 5.74) is 0. The number of aliphatic hydroxyl groups excluding tert-OH is 3. The molecule has 0 aromatic carbocycles. The molecule has 5 nitrogen and oxygen atoms in total. The van der Waals surface area contributed by atoms with Crippen molar-refractivity contribution >= 4 is 5.91 Å². The molecule has 4 N–H and O–H groups in total. The van der Waals surface area contributed by atoms with E-state index in [4.69, 9.17) is 0 Å². The average Bonchev–Trinajstić information content (AvgIpc) is 3.41. The molecule has 0 aromatic rings. The van der Waals surface area contributed by atoms with Crippen molar-refractivity contribution in [3.63, 3.8) is 0 Å². The van der Waals surface area contributed by atoms with Crippen LogP contribution in [0.3, 0.4) is 0 Å². The van der Waals surface area contributed by atoms with E-state index in [9.17, 15) is 20.1 Å². The van der Waals surface area contributed by atoms with E-state index in [0.717, 1.165) is 38.5 Å². The number of rotatable bonds is 63. The fraction of sp³-hybridized carbons (Fsp3) is 0.899. The molecule has 3 atom stereocenters. The number of amides is 1. The van der Waals surface area contributed by atoms with Crippen LogP contribution in [0.2, 0.25) is 0 Å². The van der Waals surface area contributed by atoms with Crippen LogP contribution in [0.25, 0.3) is 0 Å². The molecule has 0 aliphatic rings. The zero-order valence-corrected chi connectivity index (χ0v) is 50.3. The number of aliphatic hydroxyl groups is 3. The Balaban J connectivity index is 3.50. The number of hydrogen-bond acceptors (Lipinski definition) is 4. The van der Waals surface area contributed by atoms with Crippen LogP contribution in [0.4, 0.5) is 0 Å². The molecule has 0 fully saturated rings. The first kappa shape index (κ1) is 72.6. The quantitative estimate of drug-likeness (QED) is 0.0361. The molecule has 438 valence electrons. The molecule has 0 bridgehead atoms. The van der Waals surface area contributed by atoms with E-state index in [1.807, 2.05) is 6.08 Å². The normalized spacial score (nSPS) is 13.3. The lowest BCUT2D eigenvalue weighted by molar-refractivity contribution is -0.131. The number of carbonyl (C=O) groups excluding carboxylic acids is 1. The fourth-order valence-corrected chi connectivity index (χ4v) is 10.8. The number of allylic oxidation sites excluding steroid dienone is 5. The van der Waals surface area contributed by atoms with E-state index in [2.05, 4.69) is 43.5 Å². The zero-order valence-electron chi connectivity index (χ0n) is 50.3. The summed E-state index contributed by atoms with van der Waals surface area (Å²) in [7, 11) is 0. The van der Waals surface area contributed by atoms with Crippen molar-refractivity contribution in [2.24, 2.45) is 0 Å². The largest absolute Gasteiger partial charge is 0.394 e. The van der Waals surface area contributed by atoms with Gasteiger partial charge in [-0.2, -0.15) is 0 Å².